The number of amides is 1. The van der Waals surface area contributed by atoms with Crippen LogP contribution in [0.4, 0.5) is 10.6 Å². The van der Waals surface area contributed by atoms with Crippen molar-refractivity contribution in [1.82, 2.24) is 19.9 Å². The number of aromatic nitrogens is 3. The highest BCUT2D eigenvalue weighted by Crippen LogP contribution is 2.31. The lowest BCUT2D eigenvalue weighted by Gasteiger charge is -2.38. The van der Waals surface area contributed by atoms with Crippen LogP contribution in [0.1, 0.15) is 39.7 Å². The average molecular weight is 478 g/mol. The van der Waals surface area contributed by atoms with Crippen molar-refractivity contribution in [3.05, 3.63) is 42.4 Å². The molecule has 1 fully saturated rings. The van der Waals surface area contributed by atoms with E-state index in [9.17, 15) is 10.1 Å². The number of carbonyl (C=O) groups is 1. The van der Waals surface area contributed by atoms with Gasteiger partial charge in [-0.15, -0.1) is 0 Å². The summed E-state index contributed by atoms with van der Waals surface area (Å²) in [5, 5.41) is 16.7. The summed E-state index contributed by atoms with van der Waals surface area (Å²) in [6.45, 7) is 9.17. The summed E-state index contributed by atoms with van der Waals surface area (Å²) in [5.41, 5.74) is 8.54. The predicted octanol–water partition coefficient (Wildman–Crippen LogP) is 3.10. The second kappa shape index (κ2) is 9.80. The second-order valence-corrected chi connectivity index (χ2v) is 9.54. The third-order valence-electron chi connectivity index (χ3n) is 5.77. The topological polar surface area (TPSA) is 131 Å². The second-order valence-electron chi connectivity index (χ2n) is 9.54. The van der Waals surface area contributed by atoms with E-state index < -0.39 is 11.7 Å². The Kier molecular flexibility index (Phi) is 6.80. The van der Waals surface area contributed by atoms with Crippen LogP contribution in [0, 0.1) is 11.3 Å². The zero-order chi connectivity index (χ0) is 25.2. The number of nitrogens with one attached hydrogen (secondary N) is 1. The van der Waals surface area contributed by atoms with Gasteiger partial charge >= 0.3 is 6.09 Å². The number of alkyl carbamates (subject to hydrolysis) is 1. The molecule has 1 amide bonds. The molecular formula is C25H31N7O3. The van der Waals surface area contributed by atoms with Crippen LogP contribution < -0.4 is 20.7 Å². The standard InChI is InChI=1S/C25H31N7O3/c1-5-34-18-10-19(23-17(11-26)13-29-32(23)14-18)16-6-7-22(28-12-16)31-9-8-20(27)21(15-31)30-24(33)35-25(2,3)4/h6-7,10,12-14,20-21H,5,8-9,15,27H2,1-4H3,(H,30,33)/t20-,21-/m0/s1. The summed E-state index contributed by atoms with van der Waals surface area (Å²) in [4.78, 5) is 19.1. The summed E-state index contributed by atoms with van der Waals surface area (Å²) >= 11 is 0. The van der Waals surface area contributed by atoms with Gasteiger partial charge in [0.05, 0.1) is 36.1 Å². The number of hydrogen-bond donors (Lipinski definition) is 2. The first-order chi connectivity index (χ1) is 16.7. The average Bonchev–Trinajstić information content (AvgIpc) is 3.22. The van der Waals surface area contributed by atoms with E-state index in [4.69, 9.17) is 15.2 Å². The Balaban J connectivity index is 1.56. The molecule has 3 aromatic heterocycles. The highest BCUT2D eigenvalue weighted by atomic mass is 16.6. The molecule has 0 unspecified atom stereocenters. The first-order valence-electron chi connectivity index (χ1n) is 11.7. The molecule has 10 nitrogen and oxygen atoms in total. The van der Waals surface area contributed by atoms with Gasteiger partial charge in [-0.1, -0.05) is 0 Å². The van der Waals surface area contributed by atoms with Gasteiger partial charge < -0.3 is 25.4 Å². The normalized spacial score (nSPS) is 18.2. The molecule has 2 atom stereocenters. The summed E-state index contributed by atoms with van der Waals surface area (Å²) in [6, 6.07) is 7.58. The van der Waals surface area contributed by atoms with E-state index in [-0.39, 0.29) is 12.1 Å². The fraction of sp³-hybridized carbons (Fsp3) is 0.440. The molecule has 10 heteroatoms. The van der Waals surface area contributed by atoms with Crippen molar-refractivity contribution < 1.29 is 14.3 Å². The number of piperidine rings is 1. The Bertz CT molecular complexity index is 1240. The number of ether oxygens (including phenoxy) is 2. The molecule has 4 heterocycles. The number of pyridine rings is 2. The molecule has 3 N–H and O–H groups in total. The van der Waals surface area contributed by atoms with Crippen molar-refractivity contribution in [2.45, 2.75) is 51.8 Å². The van der Waals surface area contributed by atoms with Gasteiger partial charge in [-0.05, 0) is 52.3 Å². The molecular weight excluding hydrogens is 446 g/mol. The Labute approximate surface area is 204 Å². The van der Waals surface area contributed by atoms with Crippen LogP contribution in [0.3, 0.4) is 0 Å². The van der Waals surface area contributed by atoms with Crippen LogP contribution in [0.15, 0.2) is 36.8 Å². The van der Waals surface area contributed by atoms with E-state index in [1.807, 2.05) is 45.9 Å². The molecule has 0 aromatic carbocycles. The zero-order valence-corrected chi connectivity index (χ0v) is 20.5. The Morgan fingerprint density at radius 3 is 2.80 bits per heavy atom. The third-order valence-corrected chi connectivity index (χ3v) is 5.77. The van der Waals surface area contributed by atoms with Crippen LogP contribution in [0.25, 0.3) is 16.6 Å². The molecule has 4 rings (SSSR count). The first-order valence-corrected chi connectivity index (χ1v) is 11.7. The minimum Gasteiger partial charge on any atom is -0.492 e. The maximum Gasteiger partial charge on any atom is 0.407 e. The van der Waals surface area contributed by atoms with Crippen molar-refractivity contribution in [3.63, 3.8) is 0 Å². The number of nitriles is 1. The van der Waals surface area contributed by atoms with Crippen LogP contribution in [-0.2, 0) is 4.74 Å². The van der Waals surface area contributed by atoms with E-state index in [1.54, 1.807) is 23.1 Å². The lowest BCUT2D eigenvalue weighted by atomic mass is 10.00. The fourth-order valence-corrected chi connectivity index (χ4v) is 4.17. The molecule has 0 spiro atoms. The molecule has 0 saturated carbocycles. The molecule has 184 valence electrons. The van der Waals surface area contributed by atoms with Crippen molar-refractivity contribution in [3.8, 4) is 22.9 Å². The molecule has 3 aromatic rings. The number of hydrogen-bond acceptors (Lipinski definition) is 8. The SMILES string of the molecule is CCOc1cc(-c2ccc(N3CC[C@H](N)[C@@H](NC(=O)OC(C)(C)C)C3)nc2)c2c(C#N)cnn2c1. The number of carbonyl (C=O) groups excluding carboxylic acids is 1. The number of rotatable bonds is 5. The van der Waals surface area contributed by atoms with E-state index >= 15 is 0 Å². The zero-order valence-electron chi connectivity index (χ0n) is 20.5. The van der Waals surface area contributed by atoms with Gasteiger partial charge in [0.1, 0.15) is 23.2 Å². The molecule has 1 aliphatic rings. The lowest BCUT2D eigenvalue weighted by Crippen LogP contribution is -2.59. The van der Waals surface area contributed by atoms with E-state index in [2.05, 4.69) is 26.4 Å². The monoisotopic (exact) mass is 477 g/mol. The number of nitrogens with zero attached hydrogens (tertiary/aromatic N) is 5. The molecule has 1 aliphatic heterocycles. The summed E-state index contributed by atoms with van der Waals surface area (Å²) in [6.07, 6.45) is 5.32. The molecule has 0 aliphatic carbocycles. The largest absolute Gasteiger partial charge is 0.492 e. The van der Waals surface area contributed by atoms with Crippen molar-refractivity contribution in [2.24, 2.45) is 5.73 Å². The van der Waals surface area contributed by atoms with E-state index in [0.717, 1.165) is 23.5 Å². The quantitative estimate of drug-likeness (QED) is 0.573. The van der Waals surface area contributed by atoms with Gasteiger partial charge in [0.2, 0.25) is 0 Å². The van der Waals surface area contributed by atoms with Crippen LogP contribution in [0.2, 0.25) is 0 Å². The van der Waals surface area contributed by atoms with Gasteiger partial charge in [0.25, 0.3) is 0 Å². The predicted molar refractivity (Wildman–Crippen MR) is 132 cm³/mol. The summed E-state index contributed by atoms with van der Waals surface area (Å²) in [5.74, 6) is 1.44. The smallest absolute Gasteiger partial charge is 0.407 e. The van der Waals surface area contributed by atoms with Gasteiger partial charge in [0.15, 0.2) is 0 Å². The Hall–Kier alpha value is -3.84. The molecule has 1 saturated heterocycles. The van der Waals surface area contributed by atoms with Gasteiger partial charge in [-0.2, -0.15) is 10.4 Å². The molecule has 0 bridgehead atoms. The highest BCUT2D eigenvalue weighted by Gasteiger charge is 2.30. The molecule has 35 heavy (non-hydrogen) atoms. The number of fused-ring (bicyclic) bond motifs is 1. The minimum atomic E-state index is -0.578. The number of anilines is 1. The van der Waals surface area contributed by atoms with Crippen molar-refractivity contribution in [1.29, 1.82) is 5.26 Å². The van der Waals surface area contributed by atoms with Gasteiger partial charge in [-0.3, -0.25) is 0 Å². The number of nitrogens with two attached hydrogens (primary N) is 1. The van der Waals surface area contributed by atoms with Crippen LogP contribution in [0.5, 0.6) is 5.75 Å². The summed E-state index contributed by atoms with van der Waals surface area (Å²) in [7, 11) is 0. The maximum absolute atomic E-state index is 12.3. The first kappa shape index (κ1) is 24.3. The Morgan fingerprint density at radius 2 is 2.14 bits per heavy atom. The van der Waals surface area contributed by atoms with Crippen molar-refractivity contribution in [2.75, 3.05) is 24.6 Å². The van der Waals surface area contributed by atoms with Crippen LogP contribution >= 0.6 is 0 Å². The maximum atomic E-state index is 12.3. The fourth-order valence-electron chi connectivity index (χ4n) is 4.17. The summed E-state index contributed by atoms with van der Waals surface area (Å²) < 4.78 is 12.7. The van der Waals surface area contributed by atoms with Gasteiger partial charge in [-0.25, -0.2) is 14.3 Å². The van der Waals surface area contributed by atoms with Crippen LogP contribution in [-0.4, -0.2) is 58.1 Å². The lowest BCUT2D eigenvalue weighted by molar-refractivity contribution is 0.0493. The van der Waals surface area contributed by atoms with Gasteiger partial charge in [0, 0.05) is 36.5 Å². The molecule has 0 radical (unpaired) electrons. The minimum absolute atomic E-state index is 0.168. The van der Waals surface area contributed by atoms with E-state index in [1.165, 1.54) is 0 Å². The highest BCUT2D eigenvalue weighted by molar-refractivity contribution is 5.85. The van der Waals surface area contributed by atoms with Crippen molar-refractivity contribution >= 4 is 17.4 Å². The van der Waals surface area contributed by atoms with E-state index in [0.29, 0.717) is 36.4 Å². The third kappa shape index (κ3) is 5.46. The Morgan fingerprint density at radius 1 is 1.34 bits per heavy atom.